The molecule has 0 aromatic heterocycles. The van der Waals surface area contributed by atoms with Gasteiger partial charge in [0.05, 0.1) is 5.70 Å². The SMILES string of the molecule is C=N/C(=C\C=C(/C)c1cccc(F)c1)CN1CCN(C(=O)OC(C(F)(F)F)C(F)(F)F)CC1. The van der Waals surface area contributed by atoms with Crippen molar-refractivity contribution in [3.05, 3.63) is 53.5 Å². The monoisotopic (exact) mass is 481 g/mol. The van der Waals surface area contributed by atoms with Gasteiger partial charge in [0.15, 0.2) is 0 Å². The molecule has 0 radical (unpaired) electrons. The Morgan fingerprint density at radius 3 is 2.24 bits per heavy atom. The van der Waals surface area contributed by atoms with Gasteiger partial charge in [0.25, 0.3) is 6.10 Å². The maximum absolute atomic E-state index is 13.4. The van der Waals surface area contributed by atoms with Crippen LogP contribution >= 0.6 is 0 Å². The summed E-state index contributed by atoms with van der Waals surface area (Å²) in [6, 6.07) is 6.02. The van der Waals surface area contributed by atoms with E-state index in [2.05, 4.69) is 16.4 Å². The maximum Gasteiger partial charge on any atom is 0.434 e. The molecule has 1 amide bonds. The lowest BCUT2D eigenvalue weighted by molar-refractivity contribution is -0.308. The van der Waals surface area contributed by atoms with E-state index in [4.69, 9.17) is 0 Å². The molecular weight excluding hydrogens is 459 g/mol. The zero-order valence-electron chi connectivity index (χ0n) is 17.6. The second-order valence-electron chi connectivity index (χ2n) is 7.29. The molecule has 0 bridgehead atoms. The zero-order chi connectivity index (χ0) is 24.8. The second-order valence-corrected chi connectivity index (χ2v) is 7.29. The predicted molar refractivity (Wildman–Crippen MR) is 108 cm³/mol. The molecule has 1 aliphatic heterocycles. The number of halogens is 7. The molecule has 2 rings (SSSR count). The maximum atomic E-state index is 13.4. The van der Waals surface area contributed by atoms with Crippen molar-refractivity contribution in [3.8, 4) is 0 Å². The van der Waals surface area contributed by atoms with E-state index in [1.165, 1.54) is 12.1 Å². The van der Waals surface area contributed by atoms with Crippen molar-refractivity contribution in [1.29, 1.82) is 0 Å². The van der Waals surface area contributed by atoms with Crippen LogP contribution in [0.25, 0.3) is 5.57 Å². The number of amides is 1. The first-order valence-electron chi connectivity index (χ1n) is 9.72. The van der Waals surface area contributed by atoms with Gasteiger partial charge in [0, 0.05) is 32.7 Å². The summed E-state index contributed by atoms with van der Waals surface area (Å²) in [4.78, 5) is 18.3. The van der Waals surface area contributed by atoms with Crippen LogP contribution in [0.1, 0.15) is 12.5 Å². The number of rotatable bonds is 6. The number of piperazine rings is 1. The van der Waals surface area contributed by atoms with Crippen molar-refractivity contribution in [1.82, 2.24) is 9.80 Å². The number of allylic oxidation sites excluding steroid dienone is 3. The normalized spacial score (nSPS) is 16.8. The third kappa shape index (κ3) is 7.88. The number of aliphatic imine (C=N–C) groups is 1. The van der Waals surface area contributed by atoms with Gasteiger partial charge < -0.3 is 9.64 Å². The Hall–Kier alpha value is -2.89. The van der Waals surface area contributed by atoms with Crippen LogP contribution in [0.3, 0.4) is 0 Å². The Kier molecular flexibility index (Phi) is 8.64. The van der Waals surface area contributed by atoms with Gasteiger partial charge in [0.2, 0.25) is 0 Å². The average Bonchev–Trinajstić information content (AvgIpc) is 2.73. The Morgan fingerprint density at radius 2 is 1.73 bits per heavy atom. The predicted octanol–water partition coefficient (Wildman–Crippen LogP) is 5.06. The van der Waals surface area contributed by atoms with Gasteiger partial charge in [-0.15, -0.1) is 0 Å². The van der Waals surface area contributed by atoms with Crippen LogP contribution < -0.4 is 0 Å². The molecular formula is C21H22F7N3O2. The molecule has 5 nitrogen and oxygen atoms in total. The third-order valence-corrected chi connectivity index (χ3v) is 4.84. The van der Waals surface area contributed by atoms with Gasteiger partial charge in [-0.25, -0.2) is 9.18 Å². The third-order valence-electron chi connectivity index (χ3n) is 4.84. The summed E-state index contributed by atoms with van der Waals surface area (Å²) in [5.41, 5.74) is 1.99. The van der Waals surface area contributed by atoms with E-state index >= 15 is 0 Å². The van der Waals surface area contributed by atoms with Crippen LogP contribution in [0.15, 0.2) is 47.1 Å². The molecule has 12 heteroatoms. The summed E-state index contributed by atoms with van der Waals surface area (Å²) < 4.78 is 92.5. The molecule has 0 unspecified atom stereocenters. The summed E-state index contributed by atoms with van der Waals surface area (Å²) in [6.45, 7) is 5.66. The zero-order valence-corrected chi connectivity index (χ0v) is 17.6. The number of benzene rings is 1. The molecule has 1 aromatic carbocycles. The fraction of sp³-hybridized carbons (Fsp3) is 0.429. The number of nitrogens with zero attached hydrogens (tertiary/aromatic N) is 3. The summed E-state index contributed by atoms with van der Waals surface area (Å²) in [5.74, 6) is -0.375. The quantitative estimate of drug-likeness (QED) is 0.324. The highest BCUT2D eigenvalue weighted by Crippen LogP contribution is 2.36. The molecule has 0 aliphatic carbocycles. The van der Waals surface area contributed by atoms with Crippen LogP contribution in [-0.2, 0) is 4.74 Å². The molecule has 0 atom stereocenters. The van der Waals surface area contributed by atoms with Crippen molar-refractivity contribution >= 4 is 18.4 Å². The molecule has 1 saturated heterocycles. The minimum Gasteiger partial charge on any atom is -0.426 e. The lowest BCUT2D eigenvalue weighted by Crippen LogP contribution is -2.52. The smallest absolute Gasteiger partial charge is 0.426 e. The number of hydrogen-bond donors (Lipinski definition) is 0. The molecule has 182 valence electrons. The molecule has 0 N–H and O–H groups in total. The molecule has 33 heavy (non-hydrogen) atoms. The van der Waals surface area contributed by atoms with Crippen molar-refractivity contribution in [2.24, 2.45) is 4.99 Å². The standard InChI is InChI=1S/C21H22F7N3O2/c1-14(15-4-3-5-16(22)12-15)6-7-17(29-2)13-30-8-10-31(11-9-30)19(32)33-18(20(23,24)25)21(26,27)28/h3-7,12,18H,2,8-11,13H2,1H3/b14-6+,17-7-. The van der Waals surface area contributed by atoms with E-state index in [0.29, 0.717) is 11.3 Å². The van der Waals surface area contributed by atoms with Gasteiger partial charge in [-0.05, 0) is 43.0 Å². The number of hydrogen-bond acceptors (Lipinski definition) is 4. The van der Waals surface area contributed by atoms with Gasteiger partial charge in [-0.1, -0.05) is 18.2 Å². The molecule has 0 saturated carbocycles. The van der Waals surface area contributed by atoms with Crippen LogP contribution in [-0.4, -0.2) is 73.8 Å². The van der Waals surface area contributed by atoms with Gasteiger partial charge >= 0.3 is 18.4 Å². The summed E-state index contributed by atoms with van der Waals surface area (Å²) in [5, 5.41) is 0. The van der Waals surface area contributed by atoms with E-state index in [-0.39, 0.29) is 38.5 Å². The number of ether oxygens (including phenoxy) is 1. The lowest BCUT2D eigenvalue weighted by Gasteiger charge is -2.35. The average molecular weight is 481 g/mol. The highest BCUT2D eigenvalue weighted by atomic mass is 19.4. The van der Waals surface area contributed by atoms with E-state index in [9.17, 15) is 35.5 Å². The Bertz CT molecular complexity index is 888. The fourth-order valence-corrected chi connectivity index (χ4v) is 3.02. The molecule has 1 fully saturated rings. The van der Waals surface area contributed by atoms with E-state index in [1.807, 2.05) is 0 Å². The molecule has 1 aliphatic rings. The van der Waals surface area contributed by atoms with Crippen LogP contribution in [0.4, 0.5) is 35.5 Å². The van der Waals surface area contributed by atoms with Gasteiger partial charge in [-0.3, -0.25) is 9.89 Å². The van der Waals surface area contributed by atoms with Gasteiger partial charge in [-0.2, -0.15) is 26.3 Å². The van der Waals surface area contributed by atoms with Crippen molar-refractivity contribution in [3.63, 3.8) is 0 Å². The van der Waals surface area contributed by atoms with Crippen LogP contribution in [0, 0.1) is 5.82 Å². The van der Waals surface area contributed by atoms with Crippen molar-refractivity contribution < 1.29 is 40.3 Å². The number of carbonyl (C=O) groups excluding carboxylic acids is 1. The van der Waals surface area contributed by atoms with E-state index < -0.39 is 24.5 Å². The van der Waals surface area contributed by atoms with Crippen LogP contribution in [0.2, 0.25) is 0 Å². The molecule has 0 spiro atoms. The van der Waals surface area contributed by atoms with Crippen molar-refractivity contribution in [2.75, 3.05) is 32.7 Å². The Balaban J connectivity index is 1.94. The lowest BCUT2D eigenvalue weighted by atomic mass is 10.1. The fourth-order valence-electron chi connectivity index (χ4n) is 3.02. The largest absolute Gasteiger partial charge is 0.434 e. The topological polar surface area (TPSA) is 45.1 Å². The first kappa shape index (κ1) is 26.4. The van der Waals surface area contributed by atoms with E-state index in [0.717, 1.165) is 10.5 Å². The minimum atomic E-state index is -5.76. The number of carbonyl (C=O) groups is 1. The molecule has 1 heterocycles. The number of alkyl halides is 6. The minimum absolute atomic E-state index is 0.121. The second kappa shape index (κ2) is 10.8. The first-order chi connectivity index (χ1) is 15.3. The Labute approximate surface area is 185 Å². The summed E-state index contributed by atoms with van der Waals surface area (Å²) in [7, 11) is 0. The Morgan fingerprint density at radius 1 is 1.12 bits per heavy atom. The van der Waals surface area contributed by atoms with Crippen LogP contribution in [0.5, 0.6) is 0 Å². The van der Waals surface area contributed by atoms with E-state index in [1.54, 1.807) is 36.1 Å². The van der Waals surface area contributed by atoms with Crippen molar-refractivity contribution in [2.45, 2.75) is 25.4 Å². The van der Waals surface area contributed by atoms with Gasteiger partial charge in [0.1, 0.15) is 5.82 Å². The first-order valence-corrected chi connectivity index (χ1v) is 9.72. The summed E-state index contributed by atoms with van der Waals surface area (Å²) >= 11 is 0. The highest BCUT2D eigenvalue weighted by molar-refractivity contribution is 5.68. The molecule has 1 aromatic rings. The summed E-state index contributed by atoms with van der Waals surface area (Å²) in [6.07, 6.45) is -14.0. The highest BCUT2D eigenvalue weighted by Gasteiger charge is 2.60.